The zero-order chi connectivity index (χ0) is 12.4. The van der Waals surface area contributed by atoms with Gasteiger partial charge in [0.15, 0.2) is 0 Å². The van der Waals surface area contributed by atoms with Gasteiger partial charge in [-0.3, -0.25) is 4.79 Å². The average Bonchev–Trinajstić information content (AvgIpc) is 2.24. The van der Waals surface area contributed by atoms with Gasteiger partial charge in [-0.25, -0.2) is 0 Å². The number of hydrogen-bond acceptors (Lipinski definition) is 3. The van der Waals surface area contributed by atoms with Crippen LogP contribution in [0.3, 0.4) is 0 Å². The van der Waals surface area contributed by atoms with Gasteiger partial charge >= 0.3 is 5.97 Å². The van der Waals surface area contributed by atoms with Gasteiger partial charge in [0.25, 0.3) is 0 Å². The maximum Gasteiger partial charge on any atom is 0.306 e. The standard InChI is InChI=1S/C13H22O3/c1-4-5-6-7-11(2)10-16-13(15)9-8-12(3)14/h7H,4-6,8-10H2,1-3H3/b11-7+. The van der Waals surface area contributed by atoms with Crippen LogP contribution in [0.5, 0.6) is 0 Å². The Labute approximate surface area is 97.9 Å². The van der Waals surface area contributed by atoms with E-state index in [1.807, 2.05) is 6.92 Å². The van der Waals surface area contributed by atoms with E-state index in [2.05, 4.69) is 13.0 Å². The van der Waals surface area contributed by atoms with Crippen LogP contribution in [0.4, 0.5) is 0 Å². The van der Waals surface area contributed by atoms with E-state index >= 15 is 0 Å². The Morgan fingerprint density at radius 3 is 2.44 bits per heavy atom. The van der Waals surface area contributed by atoms with E-state index < -0.39 is 0 Å². The first-order chi connectivity index (χ1) is 7.56. The molecule has 0 radical (unpaired) electrons. The quantitative estimate of drug-likeness (QED) is 0.363. The molecule has 0 spiro atoms. The SMILES string of the molecule is CCCC/C=C(\C)COC(=O)CCC(C)=O. The van der Waals surface area contributed by atoms with E-state index in [4.69, 9.17) is 4.74 Å². The number of ketones is 1. The first kappa shape index (κ1) is 14.9. The van der Waals surface area contributed by atoms with E-state index in [9.17, 15) is 9.59 Å². The molecule has 0 aliphatic carbocycles. The van der Waals surface area contributed by atoms with Crippen molar-refractivity contribution in [2.24, 2.45) is 0 Å². The van der Waals surface area contributed by atoms with Crippen LogP contribution in [0.2, 0.25) is 0 Å². The molecule has 0 heterocycles. The van der Waals surface area contributed by atoms with Crippen LogP contribution in [-0.4, -0.2) is 18.4 Å². The molecule has 0 saturated heterocycles. The van der Waals surface area contributed by atoms with Gasteiger partial charge in [0.2, 0.25) is 0 Å². The number of esters is 1. The largest absolute Gasteiger partial charge is 0.461 e. The van der Waals surface area contributed by atoms with Crippen LogP contribution in [0.15, 0.2) is 11.6 Å². The molecule has 0 fully saturated rings. The van der Waals surface area contributed by atoms with Crippen molar-refractivity contribution in [3.8, 4) is 0 Å². The molecule has 0 aromatic heterocycles. The molecule has 0 atom stereocenters. The molecule has 0 rings (SSSR count). The number of ether oxygens (including phenoxy) is 1. The molecule has 3 heteroatoms. The second-order valence-corrected chi connectivity index (χ2v) is 4.06. The average molecular weight is 226 g/mol. The summed E-state index contributed by atoms with van der Waals surface area (Å²) in [6.45, 7) is 5.92. The van der Waals surface area contributed by atoms with Crippen molar-refractivity contribution < 1.29 is 14.3 Å². The topological polar surface area (TPSA) is 43.4 Å². The highest BCUT2D eigenvalue weighted by Crippen LogP contribution is 2.02. The first-order valence-corrected chi connectivity index (χ1v) is 5.87. The highest BCUT2D eigenvalue weighted by molar-refractivity contribution is 5.80. The molecular weight excluding hydrogens is 204 g/mol. The Balaban J connectivity index is 3.65. The smallest absolute Gasteiger partial charge is 0.306 e. The molecule has 92 valence electrons. The summed E-state index contributed by atoms with van der Waals surface area (Å²) in [6.07, 6.45) is 5.93. The summed E-state index contributed by atoms with van der Waals surface area (Å²) < 4.78 is 5.03. The molecule has 0 aliphatic rings. The van der Waals surface area contributed by atoms with E-state index in [-0.39, 0.29) is 24.6 Å². The molecule has 3 nitrogen and oxygen atoms in total. The van der Waals surface area contributed by atoms with Crippen LogP contribution < -0.4 is 0 Å². The van der Waals surface area contributed by atoms with Gasteiger partial charge in [0.05, 0.1) is 6.42 Å². The van der Waals surface area contributed by atoms with E-state index in [0.29, 0.717) is 6.61 Å². The zero-order valence-electron chi connectivity index (χ0n) is 10.5. The fourth-order valence-electron chi connectivity index (χ4n) is 1.16. The lowest BCUT2D eigenvalue weighted by atomic mass is 10.2. The van der Waals surface area contributed by atoms with Crippen molar-refractivity contribution in [2.75, 3.05) is 6.61 Å². The minimum atomic E-state index is -0.293. The Kier molecular flexibility index (Phi) is 8.49. The maximum absolute atomic E-state index is 11.2. The molecule has 0 unspecified atom stereocenters. The normalized spacial score (nSPS) is 11.3. The summed E-state index contributed by atoms with van der Waals surface area (Å²) in [5, 5.41) is 0. The number of carbonyl (C=O) groups excluding carboxylic acids is 2. The monoisotopic (exact) mass is 226 g/mol. The summed E-state index contributed by atoms with van der Waals surface area (Å²) in [6, 6.07) is 0. The van der Waals surface area contributed by atoms with E-state index in [1.54, 1.807) is 0 Å². The lowest BCUT2D eigenvalue weighted by Gasteiger charge is -2.04. The summed E-state index contributed by atoms with van der Waals surface area (Å²) >= 11 is 0. The highest BCUT2D eigenvalue weighted by atomic mass is 16.5. The van der Waals surface area contributed by atoms with Gasteiger partial charge < -0.3 is 9.53 Å². The lowest BCUT2D eigenvalue weighted by Crippen LogP contribution is -2.08. The van der Waals surface area contributed by atoms with Crippen LogP contribution >= 0.6 is 0 Å². The van der Waals surface area contributed by atoms with Crippen molar-refractivity contribution in [3.63, 3.8) is 0 Å². The van der Waals surface area contributed by atoms with E-state index in [1.165, 1.54) is 13.3 Å². The van der Waals surface area contributed by atoms with Crippen molar-refractivity contribution >= 4 is 11.8 Å². The number of rotatable bonds is 8. The van der Waals surface area contributed by atoms with Gasteiger partial charge in [-0.1, -0.05) is 25.8 Å². The van der Waals surface area contributed by atoms with Gasteiger partial charge in [0.1, 0.15) is 12.4 Å². The van der Waals surface area contributed by atoms with Crippen LogP contribution in [0.1, 0.15) is 52.9 Å². The van der Waals surface area contributed by atoms with Crippen molar-refractivity contribution in [1.29, 1.82) is 0 Å². The molecular formula is C13H22O3. The third-order valence-electron chi connectivity index (χ3n) is 2.19. The van der Waals surface area contributed by atoms with Gasteiger partial charge in [-0.15, -0.1) is 0 Å². The summed E-state index contributed by atoms with van der Waals surface area (Å²) in [4.78, 5) is 21.8. The minimum Gasteiger partial charge on any atom is -0.461 e. The van der Waals surface area contributed by atoms with Crippen LogP contribution in [-0.2, 0) is 14.3 Å². The predicted molar refractivity (Wildman–Crippen MR) is 64.2 cm³/mol. The predicted octanol–water partition coefficient (Wildman–Crippen LogP) is 3.04. The molecule has 0 N–H and O–H groups in total. The third-order valence-corrected chi connectivity index (χ3v) is 2.19. The second kappa shape index (κ2) is 9.13. The van der Waals surface area contributed by atoms with Crippen molar-refractivity contribution in [3.05, 3.63) is 11.6 Å². The third kappa shape index (κ3) is 9.44. The number of allylic oxidation sites excluding steroid dienone is 1. The number of carbonyl (C=O) groups is 2. The Morgan fingerprint density at radius 2 is 1.88 bits per heavy atom. The molecule has 0 saturated carbocycles. The highest BCUT2D eigenvalue weighted by Gasteiger charge is 2.04. The van der Waals surface area contributed by atoms with Gasteiger partial charge in [-0.05, 0) is 25.8 Å². The van der Waals surface area contributed by atoms with Crippen molar-refractivity contribution in [1.82, 2.24) is 0 Å². The fourth-order valence-corrected chi connectivity index (χ4v) is 1.16. The second-order valence-electron chi connectivity index (χ2n) is 4.06. The minimum absolute atomic E-state index is 0.0205. The zero-order valence-corrected chi connectivity index (χ0v) is 10.5. The number of unbranched alkanes of at least 4 members (excludes halogenated alkanes) is 2. The van der Waals surface area contributed by atoms with Gasteiger partial charge in [-0.2, -0.15) is 0 Å². The Bertz CT molecular complexity index is 254. The summed E-state index contributed by atoms with van der Waals surface area (Å²) in [5.41, 5.74) is 1.07. The first-order valence-electron chi connectivity index (χ1n) is 5.87. The molecule has 0 aromatic rings. The number of Topliss-reactive ketones (excluding diaryl/α,β-unsaturated/α-hetero) is 1. The lowest BCUT2D eigenvalue weighted by molar-refractivity contribution is -0.143. The van der Waals surface area contributed by atoms with Gasteiger partial charge in [0, 0.05) is 6.42 Å². The summed E-state index contributed by atoms with van der Waals surface area (Å²) in [7, 11) is 0. The Morgan fingerprint density at radius 1 is 1.19 bits per heavy atom. The molecule has 0 aliphatic heterocycles. The Hall–Kier alpha value is -1.12. The number of hydrogen-bond donors (Lipinski definition) is 0. The van der Waals surface area contributed by atoms with Crippen LogP contribution in [0.25, 0.3) is 0 Å². The molecule has 0 aromatic carbocycles. The maximum atomic E-state index is 11.2. The molecule has 0 amide bonds. The fraction of sp³-hybridized carbons (Fsp3) is 0.692. The van der Waals surface area contributed by atoms with E-state index in [0.717, 1.165) is 18.4 Å². The summed E-state index contributed by atoms with van der Waals surface area (Å²) in [5.74, 6) is -0.273. The molecule has 16 heavy (non-hydrogen) atoms. The van der Waals surface area contributed by atoms with Crippen molar-refractivity contribution in [2.45, 2.75) is 52.9 Å². The molecule has 0 bridgehead atoms. The van der Waals surface area contributed by atoms with Crippen LogP contribution in [0, 0.1) is 0 Å².